The Labute approximate surface area is 133 Å². The van der Waals surface area contributed by atoms with Crippen LogP contribution in [0, 0.1) is 6.92 Å². The molecule has 2 rings (SSSR count). The van der Waals surface area contributed by atoms with Crippen molar-refractivity contribution in [2.75, 3.05) is 7.11 Å². The molecule has 0 saturated carbocycles. The number of hydrogen-bond donors (Lipinski definition) is 1. The molecule has 0 saturated heterocycles. The number of amides is 1. The summed E-state index contributed by atoms with van der Waals surface area (Å²) in [6.07, 6.45) is 0. The van der Waals surface area contributed by atoms with Crippen LogP contribution in [0.5, 0.6) is 5.75 Å². The van der Waals surface area contributed by atoms with Gasteiger partial charge in [0.1, 0.15) is 5.75 Å². The van der Waals surface area contributed by atoms with Crippen molar-refractivity contribution in [3.8, 4) is 5.75 Å². The predicted octanol–water partition coefficient (Wildman–Crippen LogP) is 4.26. The first-order valence-corrected chi connectivity index (χ1v) is 7.51. The van der Waals surface area contributed by atoms with Gasteiger partial charge >= 0.3 is 0 Å². The van der Waals surface area contributed by atoms with Crippen molar-refractivity contribution < 1.29 is 9.53 Å². The molecular weight excluding hydrogens is 330 g/mol. The van der Waals surface area contributed by atoms with Crippen LogP contribution in [-0.4, -0.2) is 13.0 Å². The SMILES string of the molecule is COc1ccc(C)cc1[C@H](C)NC(=O)c1ccc(Br)cc1. The van der Waals surface area contributed by atoms with E-state index in [1.54, 1.807) is 19.2 Å². The number of rotatable bonds is 4. The predicted molar refractivity (Wildman–Crippen MR) is 87.8 cm³/mol. The second kappa shape index (κ2) is 6.76. The molecule has 0 aliphatic rings. The number of carbonyl (C=O) groups is 1. The van der Waals surface area contributed by atoms with Gasteiger partial charge in [-0.05, 0) is 44.2 Å². The van der Waals surface area contributed by atoms with Crippen LogP contribution in [0.2, 0.25) is 0 Å². The molecule has 0 aliphatic carbocycles. The fourth-order valence-corrected chi connectivity index (χ4v) is 2.42. The standard InChI is InChI=1S/C17H18BrNO2/c1-11-4-9-16(21-3)15(10-11)12(2)19-17(20)13-5-7-14(18)8-6-13/h4-10,12H,1-3H3,(H,19,20)/t12-/m0/s1. The van der Waals surface area contributed by atoms with E-state index in [4.69, 9.17) is 4.74 Å². The van der Waals surface area contributed by atoms with Crippen LogP contribution in [-0.2, 0) is 0 Å². The van der Waals surface area contributed by atoms with Gasteiger partial charge in [0.2, 0.25) is 0 Å². The molecule has 0 unspecified atom stereocenters. The second-order valence-corrected chi connectivity index (χ2v) is 5.86. The third-order valence-electron chi connectivity index (χ3n) is 3.31. The summed E-state index contributed by atoms with van der Waals surface area (Å²) in [6, 6.07) is 13.1. The third-order valence-corrected chi connectivity index (χ3v) is 3.83. The van der Waals surface area contributed by atoms with E-state index in [-0.39, 0.29) is 11.9 Å². The number of nitrogens with one attached hydrogen (secondary N) is 1. The Bertz CT molecular complexity index is 638. The van der Waals surface area contributed by atoms with Crippen molar-refractivity contribution in [1.29, 1.82) is 0 Å². The number of carbonyl (C=O) groups excluding carboxylic acids is 1. The number of methoxy groups -OCH3 is 1. The Morgan fingerprint density at radius 1 is 1.19 bits per heavy atom. The van der Waals surface area contributed by atoms with E-state index in [0.29, 0.717) is 5.56 Å². The average Bonchev–Trinajstić information content (AvgIpc) is 2.47. The highest BCUT2D eigenvalue weighted by atomic mass is 79.9. The molecule has 1 amide bonds. The highest BCUT2D eigenvalue weighted by molar-refractivity contribution is 9.10. The van der Waals surface area contributed by atoms with E-state index in [0.717, 1.165) is 21.3 Å². The molecule has 110 valence electrons. The monoisotopic (exact) mass is 347 g/mol. The third kappa shape index (κ3) is 3.85. The van der Waals surface area contributed by atoms with Crippen LogP contribution in [0.4, 0.5) is 0 Å². The van der Waals surface area contributed by atoms with Crippen molar-refractivity contribution in [3.05, 3.63) is 63.6 Å². The molecule has 0 fully saturated rings. The minimum absolute atomic E-state index is 0.0986. The maximum Gasteiger partial charge on any atom is 0.251 e. The Morgan fingerprint density at radius 3 is 2.48 bits per heavy atom. The van der Waals surface area contributed by atoms with Crippen molar-refractivity contribution in [2.24, 2.45) is 0 Å². The molecule has 1 N–H and O–H groups in total. The van der Waals surface area contributed by atoms with Crippen LogP contribution < -0.4 is 10.1 Å². The summed E-state index contributed by atoms with van der Waals surface area (Å²) in [5, 5.41) is 3.00. The van der Waals surface area contributed by atoms with Gasteiger partial charge in [-0.2, -0.15) is 0 Å². The van der Waals surface area contributed by atoms with Gasteiger partial charge in [0.25, 0.3) is 5.91 Å². The molecule has 0 spiro atoms. The number of ether oxygens (including phenoxy) is 1. The largest absolute Gasteiger partial charge is 0.496 e. The molecule has 2 aromatic rings. The Balaban J connectivity index is 2.17. The van der Waals surface area contributed by atoms with Crippen LogP contribution in [0.15, 0.2) is 46.9 Å². The Morgan fingerprint density at radius 2 is 1.86 bits per heavy atom. The van der Waals surface area contributed by atoms with Gasteiger partial charge in [-0.1, -0.05) is 33.6 Å². The molecule has 3 nitrogen and oxygen atoms in total. The summed E-state index contributed by atoms with van der Waals surface area (Å²) >= 11 is 3.36. The van der Waals surface area contributed by atoms with Crippen molar-refractivity contribution in [3.63, 3.8) is 0 Å². The maximum atomic E-state index is 12.3. The molecule has 4 heteroatoms. The molecule has 1 atom stereocenters. The number of benzene rings is 2. The van der Waals surface area contributed by atoms with Crippen LogP contribution in [0.25, 0.3) is 0 Å². The van der Waals surface area contributed by atoms with E-state index in [1.165, 1.54) is 0 Å². The van der Waals surface area contributed by atoms with Gasteiger partial charge in [0.15, 0.2) is 0 Å². The smallest absolute Gasteiger partial charge is 0.251 e. The lowest BCUT2D eigenvalue weighted by Gasteiger charge is -2.18. The normalized spacial score (nSPS) is 11.8. The lowest BCUT2D eigenvalue weighted by Crippen LogP contribution is -2.26. The van der Waals surface area contributed by atoms with E-state index in [9.17, 15) is 4.79 Å². The molecule has 0 aromatic heterocycles. The van der Waals surface area contributed by atoms with Crippen LogP contribution in [0.1, 0.15) is 34.5 Å². The molecule has 0 radical (unpaired) electrons. The Kier molecular flexibility index (Phi) is 5.02. The van der Waals surface area contributed by atoms with Gasteiger partial charge in [-0.3, -0.25) is 4.79 Å². The van der Waals surface area contributed by atoms with Crippen molar-refractivity contribution in [1.82, 2.24) is 5.32 Å². The first-order valence-electron chi connectivity index (χ1n) is 6.72. The summed E-state index contributed by atoms with van der Waals surface area (Å²) < 4.78 is 6.32. The highest BCUT2D eigenvalue weighted by Gasteiger charge is 2.15. The lowest BCUT2D eigenvalue weighted by molar-refractivity contribution is 0.0939. The topological polar surface area (TPSA) is 38.3 Å². The van der Waals surface area contributed by atoms with E-state index in [1.807, 2.05) is 44.2 Å². The zero-order valence-corrected chi connectivity index (χ0v) is 13.9. The zero-order chi connectivity index (χ0) is 15.4. The minimum atomic E-state index is -0.129. The summed E-state index contributed by atoms with van der Waals surface area (Å²) in [4.78, 5) is 12.3. The number of aryl methyl sites for hydroxylation is 1. The van der Waals surface area contributed by atoms with Gasteiger partial charge in [-0.25, -0.2) is 0 Å². The van der Waals surface area contributed by atoms with E-state index >= 15 is 0 Å². The number of hydrogen-bond acceptors (Lipinski definition) is 2. The van der Waals surface area contributed by atoms with Crippen LogP contribution in [0.3, 0.4) is 0 Å². The van der Waals surface area contributed by atoms with Crippen LogP contribution >= 0.6 is 15.9 Å². The van der Waals surface area contributed by atoms with Gasteiger partial charge in [-0.15, -0.1) is 0 Å². The fraction of sp³-hybridized carbons (Fsp3) is 0.235. The summed E-state index contributed by atoms with van der Waals surface area (Å²) in [6.45, 7) is 3.97. The summed E-state index contributed by atoms with van der Waals surface area (Å²) in [5.41, 5.74) is 2.75. The first kappa shape index (κ1) is 15.6. The minimum Gasteiger partial charge on any atom is -0.496 e. The van der Waals surface area contributed by atoms with Gasteiger partial charge in [0.05, 0.1) is 13.2 Å². The molecule has 0 aliphatic heterocycles. The quantitative estimate of drug-likeness (QED) is 0.897. The average molecular weight is 348 g/mol. The lowest BCUT2D eigenvalue weighted by atomic mass is 10.0. The van der Waals surface area contributed by atoms with Crippen molar-refractivity contribution in [2.45, 2.75) is 19.9 Å². The Hall–Kier alpha value is -1.81. The second-order valence-electron chi connectivity index (χ2n) is 4.95. The maximum absolute atomic E-state index is 12.3. The molecule has 21 heavy (non-hydrogen) atoms. The van der Waals surface area contributed by atoms with Crippen molar-refractivity contribution >= 4 is 21.8 Å². The number of halogens is 1. The van der Waals surface area contributed by atoms with Gasteiger partial charge in [0, 0.05) is 15.6 Å². The summed E-state index contributed by atoms with van der Waals surface area (Å²) in [5.74, 6) is 0.683. The fourth-order valence-electron chi connectivity index (χ4n) is 2.15. The molecule has 2 aromatic carbocycles. The first-order chi connectivity index (χ1) is 10.0. The molecular formula is C17H18BrNO2. The van der Waals surface area contributed by atoms with E-state index in [2.05, 4.69) is 21.2 Å². The summed E-state index contributed by atoms with van der Waals surface area (Å²) in [7, 11) is 1.64. The highest BCUT2D eigenvalue weighted by Crippen LogP contribution is 2.26. The zero-order valence-electron chi connectivity index (χ0n) is 12.3. The van der Waals surface area contributed by atoms with E-state index < -0.39 is 0 Å². The molecule has 0 bridgehead atoms. The van der Waals surface area contributed by atoms with Gasteiger partial charge < -0.3 is 10.1 Å². The molecule has 0 heterocycles.